The Morgan fingerprint density at radius 1 is 1.33 bits per heavy atom. The van der Waals surface area contributed by atoms with Crippen molar-refractivity contribution in [2.24, 2.45) is 11.8 Å². The topological polar surface area (TPSA) is 0 Å². The van der Waals surface area contributed by atoms with Gasteiger partial charge in [0.05, 0.1) is 0 Å². The van der Waals surface area contributed by atoms with Crippen LogP contribution in [-0.2, 0) is 0 Å². The van der Waals surface area contributed by atoms with Crippen LogP contribution in [0.15, 0.2) is 0 Å². The van der Waals surface area contributed by atoms with E-state index in [0.29, 0.717) is 0 Å². The van der Waals surface area contributed by atoms with Crippen LogP contribution in [0.3, 0.4) is 0 Å². The van der Waals surface area contributed by atoms with Crippen LogP contribution in [0.2, 0.25) is 19.3 Å². The summed E-state index contributed by atoms with van der Waals surface area (Å²) in [6.07, 6.45) is 1.54. The van der Waals surface area contributed by atoms with E-state index in [9.17, 15) is 0 Å². The SMILES string of the molecule is CC1CC1[CH2][Sn]([CH3])([CH3])[CH3]. The van der Waals surface area contributed by atoms with Gasteiger partial charge in [-0.2, -0.15) is 0 Å². The Kier molecular flexibility index (Phi) is 2.15. The Balaban J connectivity index is 2.19. The molecule has 0 aromatic carbocycles. The van der Waals surface area contributed by atoms with E-state index in [1.807, 2.05) is 0 Å². The van der Waals surface area contributed by atoms with Gasteiger partial charge in [-0.15, -0.1) is 0 Å². The van der Waals surface area contributed by atoms with Crippen molar-refractivity contribution in [2.45, 2.75) is 32.6 Å². The molecule has 0 spiro atoms. The third-order valence-electron chi connectivity index (χ3n) is 2.15. The molecule has 0 aromatic rings. The summed E-state index contributed by atoms with van der Waals surface area (Å²) in [6.45, 7) is 2.39. The summed E-state index contributed by atoms with van der Waals surface area (Å²) in [7, 11) is 0. The molecule has 0 aromatic heterocycles. The quantitative estimate of drug-likeness (QED) is 0.643. The van der Waals surface area contributed by atoms with Gasteiger partial charge in [-0.1, -0.05) is 0 Å². The maximum absolute atomic E-state index is 2.54. The van der Waals surface area contributed by atoms with Crippen LogP contribution in [0.1, 0.15) is 13.3 Å². The summed E-state index contributed by atoms with van der Waals surface area (Å²) in [5.41, 5.74) is 0. The number of hydrogen-bond acceptors (Lipinski definition) is 0. The van der Waals surface area contributed by atoms with Crippen LogP contribution in [0.25, 0.3) is 0 Å². The number of rotatable bonds is 2. The van der Waals surface area contributed by atoms with Crippen LogP contribution in [-0.4, -0.2) is 18.4 Å². The zero-order valence-corrected chi connectivity index (χ0v) is 9.92. The molecule has 0 N–H and O–H groups in total. The molecule has 2 atom stereocenters. The van der Waals surface area contributed by atoms with Crippen LogP contribution in [0.4, 0.5) is 0 Å². The minimum absolute atomic E-state index is 1.08. The molecular formula is C8H18Sn. The molecule has 0 saturated heterocycles. The van der Waals surface area contributed by atoms with E-state index in [0.717, 1.165) is 11.8 Å². The van der Waals surface area contributed by atoms with Crippen molar-refractivity contribution in [3.63, 3.8) is 0 Å². The summed E-state index contributed by atoms with van der Waals surface area (Å²) in [5, 5.41) is 0. The summed E-state index contributed by atoms with van der Waals surface area (Å²) in [5.74, 6) is 2.24. The molecule has 1 saturated carbocycles. The Morgan fingerprint density at radius 3 is 1.89 bits per heavy atom. The Bertz CT molecular complexity index is 102. The van der Waals surface area contributed by atoms with E-state index < -0.39 is 18.4 Å². The molecule has 0 bridgehead atoms. The monoisotopic (exact) mass is 234 g/mol. The molecule has 1 aliphatic rings. The molecule has 1 fully saturated rings. The van der Waals surface area contributed by atoms with Gasteiger partial charge >= 0.3 is 62.8 Å². The Morgan fingerprint density at radius 2 is 1.78 bits per heavy atom. The molecule has 0 aliphatic heterocycles. The standard InChI is InChI=1S/C5H9.3CH3.Sn/c1-4-3-5(4)2;;;;/h4-5H,1,3H2,2H3;3*1H3;. The van der Waals surface area contributed by atoms with Gasteiger partial charge in [0.25, 0.3) is 0 Å². The molecule has 1 aliphatic carbocycles. The summed E-state index contributed by atoms with van der Waals surface area (Å²) in [4.78, 5) is 7.62. The Hall–Kier alpha value is 0.799. The zero-order chi connectivity index (χ0) is 7.07. The van der Waals surface area contributed by atoms with Gasteiger partial charge in [-0.3, -0.25) is 0 Å². The van der Waals surface area contributed by atoms with E-state index in [1.54, 1.807) is 4.44 Å². The average Bonchev–Trinajstić information content (AvgIpc) is 2.13. The second-order valence-electron chi connectivity index (χ2n) is 4.74. The fourth-order valence-corrected chi connectivity index (χ4v) is 7.58. The van der Waals surface area contributed by atoms with Crippen molar-refractivity contribution in [3.05, 3.63) is 0 Å². The van der Waals surface area contributed by atoms with Crippen molar-refractivity contribution in [3.8, 4) is 0 Å². The first kappa shape index (κ1) is 7.90. The predicted molar refractivity (Wildman–Crippen MR) is 45.4 cm³/mol. The van der Waals surface area contributed by atoms with E-state index in [1.165, 1.54) is 6.42 Å². The fourth-order valence-electron chi connectivity index (χ4n) is 1.47. The summed E-state index contributed by atoms with van der Waals surface area (Å²) < 4.78 is 1.63. The molecule has 9 heavy (non-hydrogen) atoms. The van der Waals surface area contributed by atoms with E-state index in [-0.39, 0.29) is 0 Å². The fraction of sp³-hybridized carbons (Fsp3) is 1.00. The summed E-state index contributed by atoms with van der Waals surface area (Å²) >= 11 is -1.35. The van der Waals surface area contributed by atoms with Gasteiger partial charge in [0.2, 0.25) is 0 Å². The van der Waals surface area contributed by atoms with Gasteiger partial charge in [0, 0.05) is 0 Å². The maximum atomic E-state index is 2.54. The predicted octanol–water partition coefficient (Wildman–Crippen LogP) is 2.98. The normalized spacial score (nSPS) is 34.7. The third kappa shape index (κ3) is 2.92. The first-order valence-electron chi connectivity index (χ1n) is 3.99. The van der Waals surface area contributed by atoms with Crippen molar-refractivity contribution in [1.29, 1.82) is 0 Å². The number of hydrogen-bond donors (Lipinski definition) is 0. The van der Waals surface area contributed by atoms with E-state index in [4.69, 9.17) is 0 Å². The Labute approximate surface area is 62.9 Å². The molecule has 1 heteroatoms. The van der Waals surface area contributed by atoms with Crippen molar-refractivity contribution in [2.75, 3.05) is 0 Å². The molecule has 2 unspecified atom stereocenters. The van der Waals surface area contributed by atoms with Gasteiger partial charge in [-0.25, -0.2) is 0 Å². The zero-order valence-electron chi connectivity index (χ0n) is 7.07. The third-order valence-corrected chi connectivity index (χ3v) is 7.14. The van der Waals surface area contributed by atoms with Crippen LogP contribution < -0.4 is 0 Å². The average molecular weight is 233 g/mol. The first-order valence-corrected chi connectivity index (χ1v) is 14.6. The second kappa shape index (κ2) is 2.44. The first-order chi connectivity index (χ1) is 3.99. The van der Waals surface area contributed by atoms with E-state index >= 15 is 0 Å². The van der Waals surface area contributed by atoms with Crippen molar-refractivity contribution < 1.29 is 0 Å². The van der Waals surface area contributed by atoms with Gasteiger partial charge < -0.3 is 0 Å². The van der Waals surface area contributed by atoms with Crippen LogP contribution >= 0.6 is 0 Å². The molecule has 0 nitrogen and oxygen atoms in total. The molecular weight excluding hydrogens is 215 g/mol. The second-order valence-corrected chi connectivity index (χ2v) is 20.5. The molecule has 54 valence electrons. The van der Waals surface area contributed by atoms with Gasteiger partial charge in [-0.05, 0) is 0 Å². The van der Waals surface area contributed by atoms with Gasteiger partial charge in [0.15, 0.2) is 0 Å². The van der Waals surface area contributed by atoms with Crippen molar-refractivity contribution >= 4 is 18.4 Å². The van der Waals surface area contributed by atoms with Crippen molar-refractivity contribution in [1.82, 2.24) is 0 Å². The molecule has 0 amide bonds. The molecule has 0 radical (unpaired) electrons. The molecule has 0 heterocycles. The van der Waals surface area contributed by atoms with Gasteiger partial charge in [0.1, 0.15) is 0 Å². The van der Waals surface area contributed by atoms with Crippen LogP contribution in [0, 0.1) is 11.8 Å². The van der Waals surface area contributed by atoms with E-state index in [2.05, 4.69) is 21.7 Å². The van der Waals surface area contributed by atoms with Crippen LogP contribution in [0.5, 0.6) is 0 Å². The molecule has 1 rings (SSSR count). The minimum atomic E-state index is -1.35. The summed E-state index contributed by atoms with van der Waals surface area (Å²) in [6, 6.07) is 0.